The molecule has 1 saturated heterocycles. The highest BCUT2D eigenvalue weighted by atomic mass is 16.4. The Kier molecular flexibility index (Phi) is 6.80. The summed E-state index contributed by atoms with van der Waals surface area (Å²) < 4.78 is 6.08. The van der Waals surface area contributed by atoms with E-state index in [1.165, 1.54) is 12.8 Å². The van der Waals surface area contributed by atoms with E-state index in [2.05, 4.69) is 10.5 Å². The average molecular weight is 470 g/mol. The second kappa shape index (κ2) is 10.3. The fourth-order valence-corrected chi connectivity index (χ4v) is 5.03. The first-order valence-corrected chi connectivity index (χ1v) is 12.6. The second-order valence-corrected chi connectivity index (χ2v) is 9.36. The number of fused-ring (bicyclic) bond motifs is 1. The van der Waals surface area contributed by atoms with Crippen LogP contribution in [0.4, 0.5) is 0 Å². The van der Waals surface area contributed by atoms with E-state index in [1.54, 1.807) is 0 Å². The van der Waals surface area contributed by atoms with Gasteiger partial charge in [0.2, 0.25) is 0 Å². The first kappa shape index (κ1) is 23.1. The van der Waals surface area contributed by atoms with Gasteiger partial charge in [0.15, 0.2) is 5.76 Å². The van der Waals surface area contributed by atoms with Crippen LogP contribution < -0.4 is 5.43 Å². The summed E-state index contributed by atoms with van der Waals surface area (Å²) in [5, 5.41) is 4.47. The summed E-state index contributed by atoms with van der Waals surface area (Å²) >= 11 is 0. The van der Waals surface area contributed by atoms with Crippen molar-refractivity contribution in [3.05, 3.63) is 82.8 Å². The normalized spacial score (nSPS) is 17.1. The van der Waals surface area contributed by atoms with Gasteiger partial charge in [-0.2, -0.15) is 5.10 Å². The number of likely N-dealkylation sites (tertiary alicyclic amines) is 1. The highest BCUT2D eigenvalue weighted by molar-refractivity contribution is 6.07. The Bertz CT molecular complexity index is 1230. The number of hydrogen-bond donors (Lipinski definition) is 1. The van der Waals surface area contributed by atoms with E-state index in [9.17, 15) is 9.59 Å². The molecule has 6 heteroatoms. The van der Waals surface area contributed by atoms with Gasteiger partial charge in [-0.15, -0.1) is 0 Å². The fraction of sp³-hybridized carbons (Fsp3) is 0.345. The second-order valence-electron chi connectivity index (χ2n) is 9.36. The third-order valence-corrected chi connectivity index (χ3v) is 6.96. The van der Waals surface area contributed by atoms with Crippen molar-refractivity contribution in [3.8, 4) is 11.1 Å². The van der Waals surface area contributed by atoms with Gasteiger partial charge in [0, 0.05) is 36.2 Å². The first-order valence-electron chi connectivity index (χ1n) is 12.6. The average Bonchev–Trinajstić information content (AvgIpc) is 3.06. The van der Waals surface area contributed by atoms with Crippen LogP contribution in [0, 0.1) is 6.92 Å². The molecule has 2 aromatic carbocycles. The zero-order chi connectivity index (χ0) is 24.2. The Labute approximate surface area is 206 Å². The van der Waals surface area contributed by atoms with Gasteiger partial charge in [-0.25, -0.2) is 5.43 Å². The Morgan fingerprint density at radius 1 is 0.857 bits per heavy atom. The predicted molar refractivity (Wildman–Crippen MR) is 137 cm³/mol. The quantitative estimate of drug-likeness (QED) is 0.495. The molecular weight excluding hydrogens is 438 g/mol. The number of nitrogens with zero attached hydrogens (tertiary/aromatic N) is 2. The van der Waals surface area contributed by atoms with Crippen molar-refractivity contribution in [3.63, 3.8) is 0 Å². The zero-order valence-electron chi connectivity index (χ0n) is 20.2. The molecule has 35 heavy (non-hydrogen) atoms. The standard InChI is InChI=1S/C29H31N3O3/c1-20-26-24(12-9-13-25(26)35-27(20)29(34)32-18-7-2-3-8-19-32)30-31-28(33)23-16-14-22(15-17-23)21-10-5-4-6-11-21/h4-6,10-11,14-17H,2-3,7-9,12-13,18-19H2,1H3,(H,31,33)/b30-24+. The summed E-state index contributed by atoms with van der Waals surface area (Å²) in [7, 11) is 0. The molecule has 0 radical (unpaired) electrons. The molecule has 3 aromatic rings. The SMILES string of the molecule is Cc1c(C(=O)N2CCCCCC2)oc2c1/C(=N/NC(=O)c1ccc(-c3ccccc3)cc1)CCC2. The number of carbonyl (C=O) groups is 2. The van der Waals surface area contributed by atoms with Gasteiger partial charge in [0.25, 0.3) is 11.8 Å². The van der Waals surface area contributed by atoms with Crippen molar-refractivity contribution in [1.29, 1.82) is 0 Å². The lowest BCUT2D eigenvalue weighted by Crippen LogP contribution is -2.32. The van der Waals surface area contributed by atoms with Gasteiger partial charge in [0.05, 0.1) is 5.71 Å². The molecule has 0 saturated carbocycles. The summed E-state index contributed by atoms with van der Waals surface area (Å²) in [5.41, 5.74) is 7.91. The van der Waals surface area contributed by atoms with Crippen molar-refractivity contribution in [1.82, 2.24) is 10.3 Å². The molecule has 1 aromatic heterocycles. The van der Waals surface area contributed by atoms with Crippen LogP contribution in [-0.4, -0.2) is 35.5 Å². The molecule has 0 atom stereocenters. The monoisotopic (exact) mass is 469 g/mol. The molecule has 2 amide bonds. The topological polar surface area (TPSA) is 74.9 Å². The van der Waals surface area contributed by atoms with Crippen molar-refractivity contribution in [2.45, 2.75) is 51.9 Å². The van der Waals surface area contributed by atoms with Crippen LogP contribution in [0.2, 0.25) is 0 Å². The zero-order valence-corrected chi connectivity index (χ0v) is 20.2. The van der Waals surface area contributed by atoms with Crippen LogP contribution in [-0.2, 0) is 6.42 Å². The highest BCUT2D eigenvalue weighted by Gasteiger charge is 2.30. The van der Waals surface area contributed by atoms with Crippen LogP contribution in [0.3, 0.4) is 0 Å². The van der Waals surface area contributed by atoms with Gasteiger partial charge in [-0.3, -0.25) is 9.59 Å². The lowest BCUT2D eigenvalue weighted by Gasteiger charge is -2.19. The number of rotatable bonds is 4. The van der Waals surface area contributed by atoms with E-state index in [4.69, 9.17) is 4.42 Å². The number of hydrazone groups is 1. The lowest BCUT2D eigenvalue weighted by atomic mass is 9.93. The summed E-state index contributed by atoms with van der Waals surface area (Å²) in [4.78, 5) is 27.9. The Balaban J connectivity index is 1.32. The van der Waals surface area contributed by atoms with Crippen molar-refractivity contribution >= 4 is 17.5 Å². The van der Waals surface area contributed by atoms with Gasteiger partial charge in [-0.05, 0) is 55.9 Å². The molecule has 1 aliphatic carbocycles. The molecule has 1 N–H and O–H groups in total. The van der Waals surface area contributed by atoms with Gasteiger partial charge in [0.1, 0.15) is 5.76 Å². The minimum atomic E-state index is -0.258. The maximum absolute atomic E-state index is 13.2. The third kappa shape index (κ3) is 4.92. The molecule has 0 unspecified atom stereocenters. The number of hydrogen-bond acceptors (Lipinski definition) is 4. The first-order chi connectivity index (χ1) is 17.1. The molecule has 1 fully saturated rings. The Morgan fingerprint density at radius 3 is 2.26 bits per heavy atom. The lowest BCUT2D eigenvalue weighted by molar-refractivity contribution is 0.0726. The molecular formula is C29H31N3O3. The Hall–Kier alpha value is -3.67. The summed E-state index contributed by atoms with van der Waals surface area (Å²) in [6.07, 6.45) is 6.80. The molecule has 5 rings (SSSR count). The van der Waals surface area contributed by atoms with Crippen LogP contribution >= 0.6 is 0 Å². The molecule has 180 valence electrons. The van der Waals surface area contributed by atoms with Crippen molar-refractivity contribution < 1.29 is 14.0 Å². The summed E-state index contributed by atoms with van der Waals surface area (Å²) in [6.45, 7) is 3.49. The van der Waals surface area contributed by atoms with Crippen LogP contribution in [0.25, 0.3) is 11.1 Å². The van der Waals surface area contributed by atoms with E-state index >= 15 is 0 Å². The van der Waals surface area contributed by atoms with Gasteiger partial charge in [-0.1, -0.05) is 55.3 Å². The van der Waals surface area contributed by atoms with Gasteiger partial charge >= 0.3 is 0 Å². The van der Waals surface area contributed by atoms with Crippen molar-refractivity contribution in [2.75, 3.05) is 13.1 Å². The van der Waals surface area contributed by atoms with E-state index in [-0.39, 0.29) is 11.8 Å². The molecule has 2 heterocycles. The molecule has 1 aliphatic heterocycles. The number of nitrogens with one attached hydrogen (secondary N) is 1. The molecule has 6 nitrogen and oxygen atoms in total. The number of carbonyl (C=O) groups excluding carboxylic acids is 2. The molecule has 0 spiro atoms. The molecule has 0 bridgehead atoms. The van der Waals surface area contributed by atoms with E-state index < -0.39 is 0 Å². The Morgan fingerprint density at radius 2 is 1.54 bits per heavy atom. The van der Waals surface area contributed by atoms with E-state index in [0.717, 1.165) is 78.9 Å². The highest BCUT2D eigenvalue weighted by Crippen LogP contribution is 2.31. The van der Waals surface area contributed by atoms with E-state index in [1.807, 2.05) is 66.4 Å². The summed E-state index contributed by atoms with van der Waals surface area (Å²) in [6, 6.07) is 17.6. The summed E-state index contributed by atoms with van der Waals surface area (Å²) in [5.74, 6) is 0.938. The van der Waals surface area contributed by atoms with Crippen LogP contribution in [0.1, 0.15) is 76.3 Å². The maximum atomic E-state index is 13.2. The fourth-order valence-electron chi connectivity index (χ4n) is 5.03. The minimum absolute atomic E-state index is 0.0271. The smallest absolute Gasteiger partial charge is 0.289 e. The number of amides is 2. The maximum Gasteiger partial charge on any atom is 0.289 e. The third-order valence-electron chi connectivity index (χ3n) is 6.96. The number of furan rings is 1. The van der Waals surface area contributed by atoms with Crippen LogP contribution in [0.5, 0.6) is 0 Å². The van der Waals surface area contributed by atoms with Crippen molar-refractivity contribution in [2.24, 2.45) is 5.10 Å². The van der Waals surface area contributed by atoms with Crippen LogP contribution in [0.15, 0.2) is 64.1 Å². The number of aryl methyl sites for hydroxylation is 1. The van der Waals surface area contributed by atoms with Gasteiger partial charge < -0.3 is 9.32 Å². The number of benzene rings is 2. The van der Waals surface area contributed by atoms with E-state index in [0.29, 0.717) is 11.3 Å². The largest absolute Gasteiger partial charge is 0.455 e. The molecule has 2 aliphatic rings. The minimum Gasteiger partial charge on any atom is -0.455 e. The predicted octanol–water partition coefficient (Wildman–Crippen LogP) is 5.74.